The fraction of sp³-hybridized carbons (Fsp3) is 0.917. The van der Waals surface area contributed by atoms with Crippen LogP contribution in [0.5, 0.6) is 0 Å². The van der Waals surface area contributed by atoms with Crippen LogP contribution in [0.25, 0.3) is 0 Å². The Morgan fingerprint density at radius 1 is 1.33 bits per heavy atom. The minimum Gasteiger partial charge on any atom is -0.480 e. The molecule has 0 aromatic rings. The number of aliphatic carboxylic acids is 1. The Morgan fingerprint density at radius 2 is 1.89 bits per heavy atom. The first-order chi connectivity index (χ1) is 8.12. The third kappa shape index (κ3) is 4.94. The number of nitrogens with zero attached hydrogens (tertiary/aromatic N) is 1. The molecular weight excluding hydrogens is 254 g/mol. The van der Waals surface area contributed by atoms with E-state index in [0.29, 0.717) is 19.0 Å². The third-order valence-electron chi connectivity index (χ3n) is 3.18. The van der Waals surface area contributed by atoms with Gasteiger partial charge in [-0.25, -0.2) is 8.42 Å². The molecule has 6 heteroatoms. The van der Waals surface area contributed by atoms with E-state index in [1.165, 1.54) is 0 Å². The van der Waals surface area contributed by atoms with Crippen LogP contribution in [0.15, 0.2) is 0 Å². The molecule has 0 unspecified atom stereocenters. The molecule has 106 valence electrons. The van der Waals surface area contributed by atoms with Crippen molar-refractivity contribution in [2.45, 2.75) is 38.4 Å². The summed E-state index contributed by atoms with van der Waals surface area (Å²) < 4.78 is 23.2. The first-order valence-corrected chi connectivity index (χ1v) is 7.93. The number of carboxylic acids is 1. The van der Waals surface area contributed by atoms with Gasteiger partial charge < -0.3 is 5.11 Å². The highest BCUT2D eigenvalue weighted by Crippen LogP contribution is 2.29. The molecular formula is C12H23NO4S. The van der Waals surface area contributed by atoms with Gasteiger partial charge in [-0.3, -0.25) is 9.69 Å². The summed E-state index contributed by atoms with van der Waals surface area (Å²) in [6, 6.07) is 0. The summed E-state index contributed by atoms with van der Waals surface area (Å²) in [5.41, 5.74) is 0. The summed E-state index contributed by atoms with van der Waals surface area (Å²) in [6.45, 7) is 5.95. The zero-order chi connectivity index (χ0) is 14.0. The van der Waals surface area contributed by atoms with Gasteiger partial charge in [0, 0.05) is 13.1 Å². The molecule has 0 amide bonds. The molecule has 0 saturated heterocycles. The SMILES string of the molecule is CC(C)(C)S(=O)(=O)CCN(CC(=O)O)CC1CC1. The second-order valence-electron chi connectivity index (χ2n) is 6.00. The van der Waals surface area contributed by atoms with Crippen molar-refractivity contribution in [1.82, 2.24) is 4.90 Å². The standard InChI is InChI=1S/C12H23NO4S/c1-12(2,3)18(16,17)7-6-13(9-11(14)15)8-10-4-5-10/h10H,4-9H2,1-3H3,(H,14,15). The number of rotatable bonds is 7. The zero-order valence-electron chi connectivity index (χ0n) is 11.3. The topological polar surface area (TPSA) is 74.7 Å². The van der Waals surface area contributed by atoms with Gasteiger partial charge in [-0.05, 0) is 39.5 Å². The van der Waals surface area contributed by atoms with Crippen molar-refractivity contribution in [2.75, 3.05) is 25.4 Å². The molecule has 1 aliphatic carbocycles. The predicted octanol–water partition coefficient (Wildman–Crippen LogP) is 0.996. The Kier molecular flexibility index (Phi) is 4.78. The second kappa shape index (κ2) is 5.57. The van der Waals surface area contributed by atoms with Gasteiger partial charge in [-0.15, -0.1) is 0 Å². The Morgan fingerprint density at radius 3 is 2.28 bits per heavy atom. The molecule has 18 heavy (non-hydrogen) atoms. The number of hydrogen-bond donors (Lipinski definition) is 1. The van der Waals surface area contributed by atoms with Crippen LogP contribution in [0.2, 0.25) is 0 Å². The van der Waals surface area contributed by atoms with Crippen molar-refractivity contribution in [1.29, 1.82) is 0 Å². The van der Waals surface area contributed by atoms with Crippen molar-refractivity contribution in [3.8, 4) is 0 Å². The summed E-state index contributed by atoms with van der Waals surface area (Å²) in [5, 5.41) is 8.82. The number of carboxylic acid groups (broad SMARTS) is 1. The monoisotopic (exact) mass is 277 g/mol. The van der Waals surface area contributed by atoms with Crippen molar-refractivity contribution in [3.63, 3.8) is 0 Å². The van der Waals surface area contributed by atoms with E-state index in [4.69, 9.17) is 5.11 Å². The molecule has 5 nitrogen and oxygen atoms in total. The molecule has 1 saturated carbocycles. The van der Waals surface area contributed by atoms with Gasteiger partial charge in [0.05, 0.1) is 17.0 Å². The van der Waals surface area contributed by atoms with Gasteiger partial charge in [0.25, 0.3) is 0 Å². The molecule has 0 aromatic heterocycles. The summed E-state index contributed by atoms with van der Waals surface area (Å²) >= 11 is 0. The summed E-state index contributed by atoms with van der Waals surface area (Å²) in [6.07, 6.45) is 2.25. The fourth-order valence-electron chi connectivity index (χ4n) is 1.65. The van der Waals surface area contributed by atoms with E-state index in [2.05, 4.69) is 0 Å². The number of carbonyl (C=O) groups is 1. The van der Waals surface area contributed by atoms with Gasteiger partial charge >= 0.3 is 5.97 Å². The number of sulfone groups is 1. The van der Waals surface area contributed by atoms with Crippen LogP contribution in [0.1, 0.15) is 33.6 Å². The first kappa shape index (κ1) is 15.4. The van der Waals surface area contributed by atoms with Crippen molar-refractivity contribution < 1.29 is 18.3 Å². The van der Waals surface area contributed by atoms with E-state index >= 15 is 0 Å². The maximum absolute atomic E-state index is 12.0. The minimum absolute atomic E-state index is 0.0243. The average molecular weight is 277 g/mol. The lowest BCUT2D eigenvalue weighted by Crippen LogP contribution is -2.39. The summed E-state index contributed by atoms with van der Waals surface area (Å²) in [5.74, 6) is -0.318. The molecule has 0 spiro atoms. The second-order valence-corrected chi connectivity index (χ2v) is 8.87. The van der Waals surface area contributed by atoms with Crippen LogP contribution in [0.3, 0.4) is 0 Å². The Hall–Kier alpha value is -0.620. The van der Waals surface area contributed by atoms with E-state index in [-0.39, 0.29) is 12.3 Å². The van der Waals surface area contributed by atoms with Crippen LogP contribution < -0.4 is 0 Å². The first-order valence-electron chi connectivity index (χ1n) is 6.28. The van der Waals surface area contributed by atoms with E-state index in [9.17, 15) is 13.2 Å². The maximum atomic E-state index is 12.0. The molecule has 0 heterocycles. The average Bonchev–Trinajstić information content (AvgIpc) is 2.95. The predicted molar refractivity (Wildman–Crippen MR) is 70.3 cm³/mol. The zero-order valence-corrected chi connectivity index (χ0v) is 12.2. The van der Waals surface area contributed by atoms with E-state index in [1.54, 1.807) is 25.7 Å². The third-order valence-corrected chi connectivity index (χ3v) is 5.77. The quantitative estimate of drug-likeness (QED) is 0.751. The minimum atomic E-state index is -3.18. The molecule has 1 aliphatic rings. The molecule has 0 atom stereocenters. The van der Waals surface area contributed by atoms with Gasteiger partial charge in [0.15, 0.2) is 9.84 Å². The smallest absolute Gasteiger partial charge is 0.317 e. The van der Waals surface area contributed by atoms with E-state index in [0.717, 1.165) is 12.8 Å². The molecule has 0 aliphatic heterocycles. The lowest BCUT2D eigenvalue weighted by Gasteiger charge is -2.24. The highest BCUT2D eigenvalue weighted by Gasteiger charge is 2.31. The Bertz CT molecular complexity index is 393. The highest BCUT2D eigenvalue weighted by atomic mass is 32.2. The Labute approximate surface area is 109 Å². The van der Waals surface area contributed by atoms with Gasteiger partial charge in [-0.1, -0.05) is 0 Å². The summed E-state index contributed by atoms with van der Waals surface area (Å²) in [4.78, 5) is 12.5. The fourth-order valence-corrected chi connectivity index (χ4v) is 2.76. The lowest BCUT2D eigenvalue weighted by atomic mass is 10.3. The largest absolute Gasteiger partial charge is 0.480 e. The Balaban J connectivity index is 2.52. The van der Waals surface area contributed by atoms with Crippen molar-refractivity contribution in [3.05, 3.63) is 0 Å². The molecule has 0 bridgehead atoms. The van der Waals surface area contributed by atoms with Crippen LogP contribution in [0.4, 0.5) is 0 Å². The maximum Gasteiger partial charge on any atom is 0.317 e. The van der Waals surface area contributed by atoms with Crippen molar-refractivity contribution in [2.24, 2.45) is 5.92 Å². The molecule has 0 aromatic carbocycles. The summed E-state index contributed by atoms with van der Waals surface area (Å²) in [7, 11) is -3.18. The van der Waals surface area contributed by atoms with Crippen LogP contribution >= 0.6 is 0 Å². The molecule has 1 fully saturated rings. The van der Waals surface area contributed by atoms with Crippen LogP contribution in [0, 0.1) is 5.92 Å². The molecule has 1 N–H and O–H groups in total. The van der Waals surface area contributed by atoms with Crippen LogP contribution in [-0.2, 0) is 14.6 Å². The van der Waals surface area contributed by atoms with Gasteiger partial charge in [-0.2, -0.15) is 0 Å². The van der Waals surface area contributed by atoms with E-state index in [1.807, 2.05) is 0 Å². The van der Waals surface area contributed by atoms with Gasteiger partial charge in [0.1, 0.15) is 0 Å². The normalized spacial score (nSPS) is 17.1. The molecule has 1 rings (SSSR count). The van der Waals surface area contributed by atoms with Gasteiger partial charge in [0.2, 0.25) is 0 Å². The van der Waals surface area contributed by atoms with Crippen molar-refractivity contribution >= 4 is 15.8 Å². The molecule has 0 radical (unpaired) electrons. The number of hydrogen-bond acceptors (Lipinski definition) is 4. The van der Waals surface area contributed by atoms with Crippen LogP contribution in [-0.4, -0.2) is 54.5 Å². The lowest BCUT2D eigenvalue weighted by molar-refractivity contribution is -0.138. The highest BCUT2D eigenvalue weighted by molar-refractivity contribution is 7.92. The van der Waals surface area contributed by atoms with E-state index < -0.39 is 20.6 Å².